The second kappa shape index (κ2) is 11.4. The lowest BCUT2D eigenvalue weighted by atomic mass is 10.0. The Bertz CT molecular complexity index is 1720. The number of anilines is 2. The van der Waals surface area contributed by atoms with E-state index >= 15 is 0 Å². The van der Waals surface area contributed by atoms with E-state index in [-0.39, 0.29) is 17.9 Å². The van der Waals surface area contributed by atoms with Crippen molar-refractivity contribution in [3.8, 4) is 17.2 Å². The maximum absolute atomic E-state index is 12.9. The Morgan fingerprint density at radius 2 is 1.98 bits per heavy atom. The summed E-state index contributed by atoms with van der Waals surface area (Å²) in [4.78, 5) is 42.7. The Kier molecular flexibility index (Phi) is 7.37. The summed E-state index contributed by atoms with van der Waals surface area (Å²) in [7, 11) is 2.09. The standard InChI is InChI=1S/C31H31N9O2/c1-38(23-8-9-23)13-2-3-27(41)39-14-11-24(17-39)40-18-25(28-29(33)35-19-36-30(28)40)21-4-6-22(7-5-21)31(42)37-26-15-20(16-32)10-12-34-26/h2-7,10,12,15,18-19,23-24H,8-9,11,13-14,17H2,1H3,(H2,33,35,36)(H,34,37,42)/t24-/m1/s1. The van der Waals surface area contributed by atoms with Gasteiger partial charge in [-0.2, -0.15) is 5.26 Å². The Morgan fingerprint density at radius 3 is 2.74 bits per heavy atom. The summed E-state index contributed by atoms with van der Waals surface area (Å²) < 4.78 is 2.09. The van der Waals surface area contributed by atoms with Crippen molar-refractivity contribution in [3.05, 3.63) is 78.4 Å². The Labute approximate surface area is 243 Å². The van der Waals surface area contributed by atoms with Crippen LogP contribution in [0.2, 0.25) is 0 Å². The van der Waals surface area contributed by atoms with Crippen molar-refractivity contribution < 1.29 is 9.59 Å². The van der Waals surface area contributed by atoms with E-state index in [1.807, 2.05) is 35.4 Å². The zero-order valence-corrected chi connectivity index (χ0v) is 23.3. The minimum absolute atomic E-state index is 0.0240. The molecule has 1 saturated heterocycles. The minimum atomic E-state index is -0.335. The molecule has 0 radical (unpaired) electrons. The zero-order chi connectivity index (χ0) is 29.2. The van der Waals surface area contributed by atoms with Gasteiger partial charge in [-0.05, 0) is 56.1 Å². The summed E-state index contributed by atoms with van der Waals surface area (Å²) in [5, 5.41) is 12.6. The van der Waals surface area contributed by atoms with E-state index in [4.69, 9.17) is 11.0 Å². The van der Waals surface area contributed by atoms with E-state index in [9.17, 15) is 9.59 Å². The number of nitrogens with two attached hydrogens (primary N) is 1. The minimum Gasteiger partial charge on any atom is -0.383 e. The third-order valence-electron chi connectivity index (χ3n) is 7.92. The number of nitrogens with one attached hydrogen (secondary N) is 1. The van der Waals surface area contributed by atoms with Crippen LogP contribution in [-0.2, 0) is 4.79 Å². The molecule has 2 amide bonds. The first kappa shape index (κ1) is 27.1. The van der Waals surface area contributed by atoms with E-state index < -0.39 is 0 Å². The van der Waals surface area contributed by atoms with Gasteiger partial charge in [-0.1, -0.05) is 18.2 Å². The van der Waals surface area contributed by atoms with E-state index in [0.717, 1.165) is 29.5 Å². The van der Waals surface area contributed by atoms with Crippen LogP contribution in [0.5, 0.6) is 0 Å². The number of carbonyl (C=O) groups excluding carboxylic acids is 2. The van der Waals surface area contributed by atoms with Crippen LogP contribution >= 0.6 is 0 Å². The van der Waals surface area contributed by atoms with Gasteiger partial charge in [-0.25, -0.2) is 15.0 Å². The highest BCUT2D eigenvalue weighted by Crippen LogP contribution is 2.36. The van der Waals surface area contributed by atoms with Crippen molar-refractivity contribution in [3.63, 3.8) is 0 Å². The molecule has 1 atom stereocenters. The molecule has 1 saturated carbocycles. The predicted octanol–water partition coefficient (Wildman–Crippen LogP) is 3.62. The molecule has 6 rings (SSSR count). The van der Waals surface area contributed by atoms with E-state index in [2.05, 4.69) is 36.8 Å². The van der Waals surface area contributed by atoms with Crippen LogP contribution in [-0.4, -0.2) is 73.9 Å². The second-order valence-electron chi connectivity index (χ2n) is 10.8. The first-order valence-corrected chi connectivity index (χ1v) is 14.0. The highest BCUT2D eigenvalue weighted by Gasteiger charge is 2.29. The summed E-state index contributed by atoms with van der Waals surface area (Å²) in [6, 6.07) is 13.0. The van der Waals surface area contributed by atoms with Gasteiger partial charge in [0.05, 0.1) is 23.1 Å². The third-order valence-corrected chi connectivity index (χ3v) is 7.92. The summed E-state index contributed by atoms with van der Waals surface area (Å²) in [5.41, 5.74) is 9.61. The van der Waals surface area contributed by atoms with Gasteiger partial charge in [0.1, 0.15) is 23.6 Å². The normalized spacial score (nSPS) is 16.8. The molecule has 212 valence electrons. The number of nitrogens with zero attached hydrogens (tertiary/aromatic N) is 7. The average molecular weight is 562 g/mol. The van der Waals surface area contributed by atoms with E-state index in [0.29, 0.717) is 47.5 Å². The molecule has 0 spiro atoms. The highest BCUT2D eigenvalue weighted by atomic mass is 16.2. The van der Waals surface area contributed by atoms with Gasteiger partial charge in [-0.15, -0.1) is 0 Å². The number of nitriles is 1. The van der Waals surface area contributed by atoms with Crippen LogP contribution < -0.4 is 11.1 Å². The number of rotatable bonds is 8. The SMILES string of the molecule is CN(CC=CC(=O)N1CC[C@@H](n2cc(-c3ccc(C(=O)Nc4cc(C#N)ccn4)cc3)c3c(N)ncnc32)C1)C1CC1. The zero-order valence-electron chi connectivity index (χ0n) is 23.3. The van der Waals surface area contributed by atoms with Crippen LogP contribution in [0.3, 0.4) is 0 Å². The number of amides is 2. The number of fused-ring (bicyclic) bond motifs is 1. The molecule has 3 N–H and O–H groups in total. The van der Waals surface area contributed by atoms with E-state index in [1.54, 1.807) is 24.3 Å². The smallest absolute Gasteiger partial charge is 0.256 e. The molecule has 11 nitrogen and oxygen atoms in total. The van der Waals surface area contributed by atoms with Crippen LogP contribution in [0.1, 0.15) is 41.2 Å². The lowest BCUT2D eigenvalue weighted by Crippen LogP contribution is -2.28. The van der Waals surface area contributed by atoms with Crippen LogP contribution in [0.25, 0.3) is 22.2 Å². The first-order chi connectivity index (χ1) is 20.4. The third kappa shape index (κ3) is 5.57. The lowest BCUT2D eigenvalue weighted by molar-refractivity contribution is -0.125. The van der Waals surface area contributed by atoms with Crippen molar-refractivity contribution in [2.45, 2.75) is 31.3 Å². The number of aromatic nitrogens is 4. The summed E-state index contributed by atoms with van der Waals surface area (Å²) in [6.07, 6.45) is 11.9. The molecule has 1 aliphatic carbocycles. The molecule has 1 aliphatic heterocycles. The summed E-state index contributed by atoms with van der Waals surface area (Å²) in [5.74, 6) is 0.364. The Balaban J connectivity index is 1.20. The molecule has 11 heteroatoms. The van der Waals surface area contributed by atoms with Crippen molar-refractivity contribution >= 4 is 34.5 Å². The quantitative estimate of drug-likeness (QED) is 0.310. The molecule has 1 aromatic carbocycles. The fourth-order valence-corrected chi connectivity index (χ4v) is 5.42. The maximum Gasteiger partial charge on any atom is 0.256 e. The number of likely N-dealkylation sites (tertiary alicyclic amines) is 1. The fraction of sp³-hybridized carbons (Fsp3) is 0.290. The van der Waals surface area contributed by atoms with Gasteiger partial charge in [-0.3, -0.25) is 14.5 Å². The lowest BCUT2D eigenvalue weighted by Gasteiger charge is -2.16. The van der Waals surface area contributed by atoms with E-state index in [1.165, 1.54) is 31.4 Å². The molecule has 0 unspecified atom stereocenters. The van der Waals surface area contributed by atoms with Gasteiger partial charge in [0.15, 0.2) is 0 Å². The van der Waals surface area contributed by atoms with Crippen LogP contribution in [0.15, 0.2) is 67.3 Å². The van der Waals surface area contributed by atoms with Crippen LogP contribution in [0.4, 0.5) is 11.6 Å². The monoisotopic (exact) mass is 561 g/mol. The molecule has 2 fully saturated rings. The van der Waals surface area contributed by atoms with Gasteiger partial charge < -0.3 is 20.5 Å². The molecular weight excluding hydrogens is 530 g/mol. The van der Waals surface area contributed by atoms with Gasteiger partial charge in [0.2, 0.25) is 5.91 Å². The van der Waals surface area contributed by atoms with Crippen molar-refractivity contribution in [2.75, 3.05) is 37.7 Å². The number of carbonyl (C=O) groups is 2. The second-order valence-corrected chi connectivity index (χ2v) is 10.8. The number of hydrogen-bond donors (Lipinski definition) is 2. The molecule has 4 heterocycles. The predicted molar refractivity (Wildman–Crippen MR) is 159 cm³/mol. The molecule has 3 aromatic heterocycles. The van der Waals surface area contributed by atoms with Crippen molar-refractivity contribution in [2.24, 2.45) is 0 Å². The Morgan fingerprint density at radius 1 is 1.17 bits per heavy atom. The topological polar surface area (TPSA) is 146 Å². The number of pyridine rings is 1. The fourth-order valence-electron chi connectivity index (χ4n) is 5.42. The summed E-state index contributed by atoms with van der Waals surface area (Å²) >= 11 is 0. The van der Waals surface area contributed by atoms with Crippen molar-refractivity contribution in [1.82, 2.24) is 29.3 Å². The maximum atomic E-state index is 12.9. The van der Waals surface area contributed by atoms with Gasteiger partial charge in [0, 0.05) is 55.3 Å². The Hall–Kier alpha value is -5.08. The van der Waals surface area contributed by atoms with Crippen molar-refractivity contribution in [1.29, 1.82) is 5.26 Å². The number of likely N-dealkylation sites (N-methyl/N-ethyl adjacent to an activating group) is 1. The molecule has 0 bridgehead atoms. The highest BCUT2D eigenvalue weighted by molar-refractivity contribution is 6.05. The number of nitrogen functional groups attached to an aromatic ring is 1. The number of hydrogen-bond acceptors (Lipinski definition) is 8. The first-order valence-electron chi connectivity index (χ1n) is 14.0. The number of benzene rings is 1. The summed E-state index contributed by atoms with van der Waals surface area (Å²) in [6.45, 7) is 2.02. The average Bonchev–Trinajstić information content (AvgIpc) is 3.61. The van der Waals surface area contributed by atoms with Crippen LogP contribution in [0, 0.1) is 11.3 Å². The van der Waals surface area contributed by atoms with Gasteiger partial charge in [0.25, 0.3) is 5.91 Å². The largest absolute Gasteiger partial charge is 0.383 e. The van der Waals surface area contributed by atoms with Gasteiger partial charge >= 0.3 is 0 Å². The molecule has 42 heavy (non-hydrogen) atoms. The molecular formula is C31H31N9O2. The molecule has 4 aromatic rings. The molecule has 2 aliphatic rings.